The summed E-state index contributed by atoms with van der Waals surface area (Å²) in [7, 11) is 0. The maximum atomic E-state index is 11.9. The van der Waals surface area contributed by atoms with E-state index in [9.17, 15) is 4.79 Å². The van der Waals surface area contributed by atoms with Crippen LogP contribution in [0.2, 0.25) is 5.15 Å². The van der Waals surface area contributed by atoms with Crippen LogP contribution < -0.4 is 16.2 Å². The number of amides is 1. The summed E-state index contributed by atoms with van der Waals surface area (Å²) in [5.41, 5.74) is 6.61. The molecule has 2 heterocycles. The van der Waals surface area contributed by atoms with E-state index in [4.69, 9.17) is 23.8 Å². The van der Waals surface area contributed by atoms with Gasteiger partial charge in [0.1, 0.15) is 5.65 Å². The highest BCUT2D eigenvalue weighted by Crippen LogP contribution is 2.19. The molecule has 0 aromatic carbocycles. The minimum atomic E-state index is -0.326. The molecule has 8 heteroatoms. The highest BCUT2D eigenvalue weighted by atomic mass is 35.5. The molecule has 24 heavy (non-hydrogen) atoms. The van der Waals surface area contributed by atoms with E-state index >= 15 is 0 Å². The quantitative estimate of drug-likeness (QED) is 0.444. The molecule has 1 aliphatic carbocycles. The number of pyridine rings is 1. The summed E-state index contributed by atoms with van der Waals surface area (Å²) in [6.45, 7) is 0. The Morgan fingerprint density at radius 3 is 2.92 bits per heavy atom. The Balaban J connectivity index is 1.55. The lowest BCUT2D eigenvalue weighted by molar-refractivity contribution is -0.116. The van der Waals surface area contributed by atoms with Crippen LogP contribution in [0.1, 0.15) is 31.4 Å². The van der Waals surface area contributed by atoms with Crippen LogP contribution >= 0.6 is 23.8 Å². The molecule has 3 N–H and O–H groups in total. The zero-order valence-electron chi connectivity index (χ0n) is 13.0. The normalized spacial score (nSPS) is 15.0. The molecule has 1 fully saturated rings. The summed E-state index contributed by atoms with van der Waals surface area (Å²) in [4.78, 5) is 16.1. The van der Waals surface area contributed by atoms with Crippen LogP contribution in [0.5, 0.6) is 0 Å². The van der Waals surface area contributed by atoms with Crippen LogP contribution in [0.3, 0.4) is 0 Å². The Hall–Kier alpha value is -2.12. The lowest BCUT2D eigenvalue weighted by Gasteiger charge is -2.15. The van der Waals surface area contributed by atoms with Gasteiger partial charge in [-0.05, 0) is 43.3 Å². The Bertz CT molecular complexity index is 782. The van der Waals surface area contributed by atoms with Gasteiger partial charge >= 0.3 is 0 Å². The van der Waals surface area contributed by atoms with Crippen LogP contribution in [0.25, 0.3) is 11.7 Å². The van der Waals surface area contributed by atoms with Crippen LogP contribution in [-0.2, 0) is 4.79 Å². The maximum absolute atomic E-state index is 11.9. The van der Waals surface area contributed by atoms with Gasteiger partial charge in [-0.1, -0.05) is 30.5 Å². The van der Waals surface area contributed by atoms with Gasteiger partial charge in [-0.2, -0.15) is 0 Å². The molecule has 0 atom stereocenters. The molecule has 2 aromatic heterocycles. The number of imidazole rings is 1. The van der Waals surface area contributed by atoms with Crippen molar-refractivity contribution in [3.63, 3.8) is 0 Å². The van der Waals surface area contributed by atoms with Gasteiger partial charge in [-0.25, -0.2) is 4.98 Å². The third-order valence-corrected chi connectivity index (χ3v) is 4.40. The summed E-state index contributed by atoms with van der Waals surface area (Å²) < 4.78 is 1.81. The minimum Gasteiger partial charge on any atom is -0.359 e. The fraction of sp³-hybridized carbons (Fsp3) is 0.312. The van der Waals surface area contributed by atoms with Gasteiger partial charge in [0.25, 0.3) is 5.91 Å². The molecule has 6 nitrogen and oxygen atoms in total. The summed E-state index contributed by atoms with van der Waals surface area (Å²) in [5, 5.41) is 3.95. The van der Waals surface area contributed by atoms with Crippen molar-refractivity contribution in [1.82, 2.24) is 25.6 Å². The average Bonchev–Trinajstić information content (AvgIpc) is 3.18. The lowest BCUT2D eigenvalue weighted by atomic mass is 10.3. The molecular formula is C16H18ClN5OS. The Kier molecular flexibility index (Phi) is 5.32. The van der Waals surface area contributed by atoms with E-state index in [2.05, 4.69) is 21.2 Å². The van der Waals surface area contributed by atoms with E-state index in [1.54, 1.807) is 6.08 Å². The zero-order valence-corrected chi connectivity index (χ0v) is 14.5. The predicted molar refractivity (Wildman–Crippen MR) is 98.5 cm³/mol. The van der Waals surface area contributed by atoms with Crippen molar-refractivity contribution in [2.45, 2.75) is 31.7 Å². The third kappa shape index (κ3) is 4.04. The first-order chi connectivity index (χ1) is 11.6. The number of aromatic nitrogens is 2. The van der Waals surface area contributed by atoms with Crippen molar-refractivity contribution in [2.24, 2.45) is 0 Å². The standard InChI is InChI=1S/C16H18ClN5OS/c17-15-12(22-10-4-3-7-13(22)19-15)8-9-14(23)20-21-16(24)18-11-5-1-2-6-11/h3-4,7-11H,1-2,5-6H2,(H,20,23)(H2,18,21,24)/b9-8+. The summed E-state index contributed by atoms with van der Waals surface area (Å²) in [5.74, 6) is -0.326. The number of carbonyl (C=O) groups excluding carboxylic acids is 1. The molecule has 0 aliphatic heterocycles. The number of halogens is 1. The molecule has 126 valence electrons. The SMILES string of the molecule is O=C(/C=C/c1c(Cl)nc2ccccn12)NNC(=S)NC1CCCC1. The molecule has 2 aromatic rings. The molecule has 0 bridgehead atoms. The second kappa shape index (κ2) is 7.63. The second-order valence-corrected chi connectivity index (χ2v) is 6.39. The van der Waals surface area contributed by atoms with Crippen molar-refractivity contribution in [1.29, 1.82) is 0 Å². The van der Waals surface area contributed by atoms with E-state index in [0.29, 0.717) is 22.0 Å². The van der Waals surface area contributed by atoms with Crippen molar-refractivity contribution in [3.8, 4) is 0 Å². The molecule has 0 unspecified atom stereocenters. The fourth-order valence-corrected chi connectivity index (χ4v) is 3.20. The average molecular weight is 364 g/mol. The number of carbonyl (C=O) groups is 1. The minimum absolute atomic E-state index is 0.326. The zero-order chi connectivity index (χ0) is 16.9. The van der Waals surface area contributed by atoms with Gasteiger partial charge in [0.15, 0.2) is 10.3 Å². The van der Waals surface area contributed by atoms with Gasteiger partial charge in [0.2, 0.25) is 0 Å². The van der Waals surface area contributed by atoms with Gasteiger partial charge in [0, 0.05) is 18.3 Å². The van der Waals surface area contributed by atoms with E-state index in [0.717, 1.165) is 18.5 Å². The molecule has 1 aliphatic rings. The van der Waals surface area contributed by atoms with Crippen molar-refractivity contribution < 1.29 is 4.79 Å². The summed E-state index contributed by atoms with van der Waals surface area (Å²) in [6, 6.07) is 5.99. The van der Waals surface area contributed by atoms with Gasteiger partial charge in [-0.3, -0.25) is 20.0 Å². The third-order valence-electron chi connectivity index (χ3n) is 3.90. The first kappa shape index (κ1) is 16.7. The van der Waals surface area contributed by atoms with Crippen molar-refractivity contribution in [3.05, 3.63) is 41.3 Å². The fourth-order valence-electron chi connectivity index (χ4n) is 2.74. The maximum Gasteiger partial charge on any atom is 0.262 e. The van der Waals surface area contributed by atoms with E-state index < -0.39 is 0 Å². The number of hydrazine groups is 1. The van der Waals surface area contributed by atoms with Gasteiger partial charge < -0.3 is 5.32 Å². The van der Waals surface area contributed by atoms with Crippen LogP contribution in [0.4, 0.5) is 0 Å². The number of nitrogens with zero attached hydrogens (tertiary/aromatic N) is 2. The molecule has 0 spiro atoms. The largest absolute Gasteiger partial charge is 0.359 e. The Morgan fingerprint density at radius 1 is 1.33 bits per heavy atom. The molecule has 0 saturated heterocycles. The van der Waals surface area contributed by atoms with E-state index in [1.807, 2.05) is 28.8 Å². The van der Waals surface area contributed by atoms with Crippen molar-refractivity contribution >= 4 is 46.6 Å². The number of thiocarbonyl (C=S) groups is 1. The van der Waals surface area contributed by atoms with Crippen LogP contribution in [0.15, 0.2) is 30.5 Å². The number of hydrogen-bond acceptors (Lipinski definition) is 3. The van der Waals surface area contributed by atoms with E-state index in [1.165, 1.54) is 18.9 Å². The Labute approximate surface area is 150 Å². The molecular weight excluding hydrogens is 346 g/mol. The van der Waals surface area contributed by atoms with Crippen LogP contribution in [0, 0.1) is 0 Å². The van der Waals surface area contributed by atoms with Gasteiger partial charge in [-0.15, -0.1) is 0 Å². The molecule has 0 radical (unpaired) electrons. The highest BCUT2D eigenvalue weighted by molar-refractivity contribution is 7.80. The first-order valence-electron chi connectivity index (χ1n) is 7.80. The summed E-state index contributed by atoms with van der Waals surface area (Å²) >= 11 is 11.3. The number of hydrogen-bond donors (Lipinski definition) is 3. The topological polar surface area (TPSA) is 70.5 Å². The second-order valence-electron chi connectivity index (χ2n) is 5.62. The highest BCUT2D eigenvalue weighted by Gasteiger charge is 2.15. The van der Waals surface area contributed by atoms with Gasteiger partial charge in [0.05, 0.1) is 5.69 Å². The van der Waals surface area contributed by atoms with Crippen molar-refractivity contribution in [2.75, 3.05) is 0 Å². The Morgan fingerprint density at radius 2 is 2.12 bits per heavy atom. The molecule has 1 saturated carbocycles. The molecule has 1 amide bonds. The first-order valence-corrected chi connectivity index (χ1v) is 8.59. The lowest BCUT2D eigenvalue weighted by Crippen LogP contribution is -2.48. The van der Waals surface area contributed by atoms with Crippen LogP contribution in [-0.4, -0.2) is 26.4 Å². The predicted octanol–water partition coefficient (Wildman–Crippen LogP) is 2.44. The monoisotopic (exact) mass is 363 g/mol. The smallest absolute Gasteiger partial charge is 0.262 e. The summed E-state index contributed by atoms with van der Waals surface area (Å²) in [6.07, 6.45) is 9.50. The molecule has 3 rings (SSSR count). The van der Waals surface area contributed by atoms with E-state index in [-0.39, 0.29) is 5.91 Å². The number of nitrogens with one attached hydrogen (secondary N) is 3. The number of fused-ring (bicyclic) bond motifs is 1. The number of rotatable bonds is 3.